The van der Waals surface area contributed by atoms with Gasteiger partial charge in [0.2, 0.25) is 5.91 Å². The quantitative estimate of drug-likeness (QED) is 0.832. The maximum absolute atomic E-state index is 13.5. The summed E-state index contributed by atoms with van der Waals surface area (Å²) in [6.07, 6.45) is 0.165. The normalized spacial score (nSPS) is 10.2. The summed E-state index contributed by atoms with van der Waals surface area (Å²) in [6, 6.07) is 11.7. The van der Waals surface area contributed by atoms with Crippen LogP contribution in [0.4, 0.5) is 15.8 Å². The first-order valence-electron chi connectivity index (χ1n) is 5.95. The molecule has 0 saturated carbocycles. The molecule has 0 fully saturated rings. The van der Waals surface area contributed by atoms with E-state index < -0.39 is 5.82 Å². The van der Waals surface area contributed by atoms with Crippen molar-refractivity contribution in [3.8, 4) is 0 Å². The molecule has 0 aliphatic heterocycles. The molecule has 0 saturated heterocycles. The number of nitrogens with one attached hydrogen (secondary N) is 1. The average Bonchev–Trinajstić information content (AvgIpc) is 2.34. The molecular formula is C15H15FN2O. The standard InChI is InChI=1S/C15H15FN2O/c1-10-5-6-13(16)14(7-10)18-15(19)9-11-3-2-4-12(17)8-11/h2-8H,9,17H2,1H3,(H,18,19). The maximum atomic E-state index is 13.5. The molecule has 2 aromatic carbocycles. The first-order chi connectivity index (χ1) is 9.04. The molecule has 3 N–H and O–H groups in total. The zero-order chi connectivity index (χ0) is 13.8. The van der Waals surface area contributed by atoms with Crippen LogP contribution < -0.4 is 11.1 Å². The van der Waals surface area contributed by atoms with E-state index in [0.717, 1.165) is 11.1 Å². The number of anilines is 2. The van der Waals surface area contributed by atoms with Crippen molar-refractivity contribution in [1.29, 1.82) is 0 Å². The fourth-order valence-electron chi connectivity index (χ4n) is 1.82. The second-order valence-electron chi connectivity index (χ2n) is 4.45. The number of aryl methyl sites for hydroxylation is 1. The van der Waals surface area contributed by atoms with Gasteiger partial charge in [0.25, 0.3) is 0 Å². The molecule has 0 aliphatic rings. The van der Waals surface area contributed by atoms with E-state index in [9.17, 15) is 9.18 Å². The molecule has 0 heterocycles. The zero-order valence-corrected chi connectivity index (χ0v) is 10.6. The minimum absolute atomic E-state index is 0.165. The lowest BCUT2D eigenvalue weighted by Crippen LogP contribution is -2.15. The van der Waals surface area contributed by atoms with E-state index in [4.69, 9.17) is 5.73 Å². The molecule has 0 unspecified atom stereocenters. The van der Waals surface area contributed by atoms with Crippen molar-refractivity contribution < 1.29 is 9.18 Å². The van der Waals surface area contributed by atoms with E-state index >= 15 is 0 Å². The summed E-state index contributed by atoms with van der Waals surface area (Å²) in [5, 5.41) is 2.56. The number of halogens is 1. The highest BCUT2D eigenvalue weighted by Crippen LogP contribution is 2.16. The summed E-state index contributed by atoms with van der Waals surface area (Å²) in [7, 11) is 0. The smallest absolute Gasteiger partial charge is 0.228 e. The number of nitrogen functional groups attached to an aromatic ring is 1. The van der Waals surface area contributed by atoms with Gasteiger partial charge in [-0.15, -0.1) is 0 Å². The van der Waals surface area contributed by atoms with Crippen LogP contribution in [0.1, 0.15) is 11.1 Å². The van der Waals surface area contributed by atoms with Gasteiger partial charge in [-0.25, -0.2) is 4.39 Å². The first-order valence-corrected chi connectivity index (χ1v) is 5.95. The van der Waals surface area contributed by atoms with Gasteiger partial charge in [-0.05, 0) is 42.3 Å². The summed E-state index contributed by atoms with van der Waals surface area (Å²) in [4.78, 5) is 11.8. The summed E-state index contributed by atoms with van der Waals surface area (Å²) >= 11 is 0. The lowest BCUT2D eigenvalue weighted by Gasteiger charge is -2.07. The van der Waals surface area contributed by atoms with Crippen molar-refractivity contribution in [1.82, 2.24) is 0 Å². The highest BCUT2D eigenvalue weighted by Gasteiger charge is 2.08. The molecule has 0 atom stereocenters. The predicted molar refractivity (Wildman–Crippen MR) is 74.3 cm³/mol. The average molecular weight is 258 g/mol. The molecule has 0 spiro atoms. The van der Waals surface area contributed by atoms with Gasteiger partial charge in [0.15, 0.2) is 0 Å². The zero-order valence-electron chi connectivity index (χ0n) is 10.6. The third kappa shape index (κ3) is 3.55. The van der Waals surface area contributed by atoms with Gasteiger partial charge >= 0.3 is 0 Å². The van der Waals surface area contributed by atoms with E-state index in [2.05, 4.69) is 5.32 Å². The Morgan fingerprint density at radius 3 is 2.79 bits per heavy atom. The molecule has 3 nitrogen and oxygen atoms in total. The number of hydrogen-bond acceptors (Lipinski definition) is 2. The fourth-order valence-corrected chi connectivity index (χ4v) is 1.82. The van der Waals surface area contributed by atoms with Crippen molar-refractivity contribution in [3.05, 3.63) is 59.4 Å². The Morgan fingerprint density at radius 1 is 1.26 bits per heavy atom. The number of amides is 1. The molecule has 4 heteroatoms. The van der Waals surface area contributed by atoms with Crippen LogP contribution in [-0.2, 0) is 11.2 Å². The second-order valence-corrected chi connectivity index (χ2v) is 4.45. The second kappa shape index (κ2) is 5.52. The lowest BCUT2D eigenvalue weighted by atomic mass is 10.1. The number of carbonyl (C=O) groups is 1. The van der Waals surface area contributed by atoms with Gasteiger partial charge in [0.05, 0.1) is 12.1 Å². The van der Waals surface area contributed by atoms with Gasteiger partial charge in [-0.1, -0.05) is 18.2 Å². The number of carbonyl (C=O) groups excluding carboxylic acids is 1. The van der Waals surface area contributed by atoms with Crippen molar-refractivity contribution in [2.24, 2.45) is 0 Å². The van der Waals surface area contributed by atoms with E-state index in [1.807, 2.05) is 13.0 Å². The Kier molecular flexibility index (Phi) is 3.80. The predicted octanol–water partition coefficient (Wildman–Crippen LogP) is 2.90. The fraction of sp³-hybridized carbons (Fsp3) is 0.133. The third-order valence-corrected chi connectivity index (χ3v) is 2.71. The summed E-state index contributed by atoms with van der Waals surface area (Å²) < 4.78 is 13.5. The molecule has 98 valence electrons. The molecular weight excluding hydrogens is 243 g/mol. The van der Waals surface area contributed by atoms with Gasteiger partial charge < -0.3 is 11.1 Å². The van der Waals surface area contributed by atoms with Gasteiger partial charge in [-0.3, -0.25) is 4.79 Å². The lowest BCUT2D eigenvalue weighted by molar-refractivity contribution is -0.115. The maximum Gasteiger partial charge on any atom is 0.228 e. The topological polar surface area (TPSA) is 55.1 Å². The molecule has 19 heavy (non-hydrogen) atoms. The van der Waals surface area contributed by atoms with E-state index in [1.165, 1.54) is 6.07 Å². The van der Waals surface area contributed by atoms with E-state index in [1.54, 1.807) is 30.3 Å². The number of rotatable bonds is 3. The van der Waals surface area contributed by atoms with Crippen LogP contribution in [-0.4, -0.2) is 5.91 Å². The van der Waals surface area contributed by atoms with E-state index in [-0.39, 0.29) is 18.0 Å². The molecule has 2 rings (SSSR count). The largest absolute Gasteiger partial charge is 0.399 e. The van der Waals surface area contributed by atoms with Gasteiger partial charge in [0.1, 0.15) is 5.82 Å². The van der Waals surface area contributed by atoms with E-state index in [0.29, 0.717) is 5.69 Å². The summed E-state index contributed by atoms with van der Waals surface area (Å²) in [6.45, 7) is 1.84. The minimum Gasteiger partial charge on any atom is -0.399 e. The van der Waals surface area contributed by atoms with Crippen LogP contribution in [0, 0.1) is 12.7 Å². The van der Waals surface area contributed by atoms with Crippen molar-refractivity contribution in [3.63, 3.8) is 0 Å². The van der Waals surface area contributed by atoms with Gasteiger partial charge in [0, 0.05) is 5.69 Å². The van der Waals surface area contributed by atoms with Crippen molar-refractivity contribution in [2.75, 3.05) is 11.1 Å². The molecule has 0 bridgehead atoms. The number of nitrogens with two attached hydrogens (primary N) is 1. The van der Waals surface area contributed by atoms with Crippen molar-refractivity contribution >= 4 is 17.3 Å². The van der Waals surface area contributed by atoms with Crippen LogP contribution >= 0.6 is 0 Å². The van der Waals surface area contributed by atoms with Crippen LogP contribution in [0.2, 0.25) is 0 Å². The summed E-state index contributed by atoms with van der Waals surface area (Å²) in [5.41, 5.74) is 8.13. The van der Waals surface area contributed by atoms with Crippen LogP contribution in [0.3, 0.4) is 0 Å². The Morgan fingerprint density at radius 2 is 2.05 bits per heavy atom. The minimum atomic E-state index is -0.438. The highest BCUT2D eigenvalue weighted by atomic mass is 19.1. The Balaban J connectivity index is 2.07. The Hall–Kier alpha value is -2.36. The monoisotopic (exact) mass is 258 g/mol. The number of benzene rings is 2. The molecule has 0 aromatic heterocycles. The third-order valence-electron chi connectivity index (χ3n) is 2.71. The van der Waals surface area contributed by atoms with Crippen LogP contribution in [0.5, 0.6) is 0 Å². The SMILES string of the molecule is Cc1ccc(F)c(NC(=O)Cc2cccc(N)c2)c1. The Labute approximate surface area is 111 Å². The molecule has 1 amide bonds. The van der Waals surface area contributed by atoms with Gasteiger partial charge in [-0.2, -0.15) is 0 Å². The number of hydrogen-bond donors (Lipinski definition) is 2. The first kappa shape index (κ1) is 13.1. The summed E-state index contributed by atoms with van der Waals surface area (Å²) in [5.74, 6) is -0.707. The van der Waals surface area contributed by atoms with Crippen LogP contribution in [0.15, 0.2) is 42.5 Å². The highest BCUT2D eigenvalue weighted by molar-refractivity contribution is 5.92. The molecule has 0 aliphatic carbocycles. The molecule has 2 aromatic rings. The van der Waals surface area contributed by atoms with Crippen LogP contribution in [0.25, 0.3) is 0 Å². The van der Waals surface area contributed by atoms with Crippen molar-refractivity contribution in [2.45, 2.75) is 13.3 Å². The Bertz CT molecular complexity index is 611. The molecule has 0 radical (unpaired) electrons.